The van der Waals surface area contributed by atoms with E-state index < -0.39 is 0 Å². The third-order valence-corrected chi connectivity index (χ3v) is 8.05. The van der Waals surface area contributed by atoms with Crippen molar-refractivity contribution < 1.29 is 14.6 Å². The normalized spacial score (nSPS) is 11.3. The topological polar surface area (TPSA) is 46.5 Å². The number of hydrogen-bond donors (Lipinski definition) is 1. The van der Waals surface area contributed by atoms with E-state index in [1.807, 2.05) is 0 Å². The molecule has 3 nitrogen and oxygen atoms in total. The number of ether oxygens (including phenoxy) is 1. The summed E-state index contributed by atoms with van der Waals surface area (Å²) in [6, 6.07) is 0. The zero-order valence-electron chi connectivity index (χ0n) is 26.1. The van der Waals surface area contributed by atoms with E-state index in [2.05, 4.69) is 6.92 Å². The minimum atomic E-state index is 0.0186. The van der Waals surface area contributed by atoms with Gasteiger partial charge in [-0.3, -0.25) is 4.79 Å². The fourth-order valence-corrected chi connectivity index (χ4v) is 5.41. The zero-order chi connectivity index (χ0) is 27.6. The summed E-state index contributed by atoms with van der Waals surface area (Å²) < 4.78 is 5.41. The van der Waals surface area contributed by atoms with Crippen LogP contribution in [-0.4, -0.2) is 24.3 Å². The lowest BCUT2D eigenvalue weighted by Crippen LogP contribution is -2.05. The molecule has 0 spiro atoms. The predicted molar refractivity (Wildman–Crippen MR) is 167 cm³/mol. The number of rotatable bonds is 33. The Morgan fingerprint density at radius 2 is 0.711 bits per heavy atom. The van der Waals surface area contributed by atoms with Crippen LogP contribution in [0.1, 0.15) is 206 Å². The van der Waals surface area contributed by atoms with E-state index in [4.69, 9.17) is 9.84 Å². The van der Waals surface area contributed by atoms with Crippen LogP contribution in [0.4, 0.5) is 0 Å². The molecule has 1 N–H and O–H groups in total. The number of hydrogen-bond acceptors (Lipinski definition) is 3. The van der Waals surface area contributed by atoms with Crippen molar-refractivity contribution in [1.82, 2.24) is 0 Å². The van der Waals surface area contributed by atoms with Crippen LogP contribution in [-0.2, 0) is 9.53 Å². The monoisotopic (exact) mass is 539 g/mol. The average molecular weight is 539 g/mol. The first-order valence-corrected chi connectivity index (χ1v) is 17.6. The highest BCUT2D eigenvalue weighted by Gasteiger charge is 2.02. The van der Waals surface area contributed by atoms with E-state index in [-0.39, 0.29) is 5.97 Å². The van der Waals surface area contributed by atoms with Crippen LogP contribution >= 0.6 is 0 Å². The first-order chi connectivity index (χ1) is 18.8. The first-order valence-electron chi connectivity index (χ1n) is 17.6. The Bertz CT molecular complexity index is 437. The Morgan fingerprint density at radius 3 is 1.05 bits per heavy atom. The number of esters is 1. The Labute approximate surface area is 239 Å². The highest BCUT2D eigenvalue weighted by molar-refractivity contribution is 5.69. The second-order valence-electron chi connectivity index (χ2n) is 11.9. The van der Waals surface area contributed by atoms with Crippen molar-refractivity contribution in [3.8, 4) is 0 Å². The fraction of sp³-hybridized carbons (Fsp3) is 0.971. The Kier molecular flexibility index (Phi) is 33.9. The Balaban J connectivity index is 3.11. The van der Waals surface area contributed by atoms with Crippen molar-refractivity contribution in [2.75, 3.05) is 13.2 Å². The van der Waals surface area contributed by atoms with Gasteiger partial charge in [0, 0.05) is 13.0 Å². The summed E-state index contributed by atoms with van der Waals surface area (Å²) in [5.74, 6) is 0.0186. The predicted octanol–water partition coefficient (Wildman–Crippen LogP) is 11.6. The van der Waals surface area contributed by atoms with E-state index >= 15 is 0 Å². The molecule has 0 saturated carbocycles. The fourth-order valence-electron chi connectivity index (χ4n) is 5.41. The average Bonchev–Trinajstić information content (AvgIpc) is 2.92. The first kappa shape index (κ1) is 37.4. The molecule has 0 aliphatic heterocycles. The van der Waals surface area contributed by atoms with Gasteiger partial charge >= 0.3 is 5.97 Å². The molecule has 0 rings (SSSR count). The molecule has 0 heterocycles. The van der Waals surface area contributed by atoms with Crippen molar-refractivity contribution in [3.05, 3.63) is 0 Å². The molecule has 0 aliphatic rings. The molecule has 0 aromatic carbocycles. The SMILES string of the molecule is CCCCCCCCCCCC(=O)OCCCCCCCCCCCCCCCCCCCCCCCO. The van der Waals surface area contributed by atoms with Gasteiger partial charge in [-0.15, -0.1) is 0 Å². The summed E-state index contributed by atoms with van der Waals surface area (Å²) in [5, 5.41) is 8.78. The van der Waals surface area contributed by atoms with Crippen LogP contribution in [0, 0.1) is 0 Å². The van der Waals surface area contributed by atoms with E-state index in [0.29, 0.717) is 19.6 Å². The lowest BCUT2D eigenvalue weighted by atomic mass is 10.0. The lowest BCUT2D eigenvalue weighted by molar-refractivity contribution is -0.143. The van der Waals surface area contributed by atoms with Crippen molar-refractivity contribution >= 4 is 5.97 Å². The smallest absolute Gasteiger partial charge is 0.305 e. The summed E-state index contributed by atoms with van der Waals surface area (Å²) >= 11 is 0. The highest BCUT2D eigenvalue weighted by atomic mass is 16.5. The highest BCUT2D eigenvalue weighted by Crippen LogP contribution is 2.15. The van der Waals surface area contributed by atoms with Gasteiger partial charge in [0.05, 0.1) is 6.61 Å². The van der Waals surface area contributed by atoms with Crippen molar-refractivity contribution in [1.29, 1.82) is 0 Å². The molecule has 38 heavy (non-hydrogen) atoms. The molecule has 0 aromatic heterocycles. The molecule has 0 atom stereocenters. The molecule has 228 valence electrons. The van der Waals surface area contributed by atoms with Gasteiger partial charge in [-0.05, 0) is 19.3 Å². The molecular weight excluding hydrogens is 468 g/mol. The molecule has 0 radical (unpaired) electrons. The molecule has 0 unspecified atom stereocenters. The van der Waals surface area contributed by atoms with Crippen LogP contribution in [0.25, 0.3) is 0 Å². The maximum absolute atomic E-state index is 11.8. The van der Waals surface area contributed by atoms with E-state index in [9.17, 15) is 4.79 Å². The molecule has 0 aliphatic carbocycles. The van der Waals surface area contributed by atoms with Crippen LogP contribution in [0.2, 0.25) is 0 Å². The Hall–Kier alpha value is -0.570. The summed E-state index contributed by atoms with van der Waals surface area (Å²) in [7, 11) is 0. The second-order valence-corrected chi connectivity index (χ2v) is 11.9. The van der Waals surface area contributed by atoms with Crippen molar-refractivity contribution in [3.63, 3.8) is 0 Å². The number of unbranched alkanes of at least 4 members (excludes halogenated alkanes) is 28. The van der Waals surface area contributed by atoms with Gasteiger partial charge in [0.2, 0.25) is 0 Å². The number of carbonyl (C=O) groups is 1. The van der Waals surface area contributed by atoms with E-state index in [1.54, 1.807) is 0 Å². The van der Waals surface area contributed by atoms with Gasteiger partial charge in [0.1, 0.15) is 0 Å². The molecule has 0 aromatic rings. The molecular formula is C35H70O3. The lowest BCUT2D eigenvalue weighted by Gasteiger charge is -2.06. The zero-order valence-corrected chi connectivity index (χ0v) is 26.1. The van der Waals surface area contributed by atoms with Gasteiger partial charge in [-0.25, -0.2) is 0 Å². The maximum Gasteiger partial charge on any atom is 0.305 e. The Morgan fingerprint density at radius 1 is 0.421 bits per heavy atom. The number of aliphatic hydroxyl groups excluding tert-OH is 1. The van der Waals surface area contributed by atoms with Crippen LogP contribution in [0.3, 0.4) is 0 Å². The van der Waals surface area contributed by atoms with Crippen molar-refractivity contribution in [2.24, 2.45) is 0 Å². The number of carbonyl (C=O) groups excluding carboxylic acids is 1. The van der Waals surface area contributed by atoms with Crippen molar-refractivity contribution in [2.45, 2.75) is 206 Å². The van der Waals surface area contributed by atoms with Gasteiger partial charge in [-0.1, -0.05) is 180 Å². The quantitative estimate of drug-likeness (QED) is 0.0667. The van der Waals surface area contributed by atoms with Crippen LogP contribution in [0.5, 0.6) is 0 Å². The number of aliphatic hydroxyl groups is 1. The summed E-state index contributed by atoms with van der Waals surface area (Å²) in [6.07, 6.45) is 40.4. The third-order valence-electron chi connectivity index (χ3n) is 8.05. The minimum absolute atomic E-state index is 0.0186. The molecule has 0 bridgehead atoms. The molecule has 0 fully saturated rings. The van der Waals surface area contributed by atoms with Gasteiger partial charge in [-0.2, -0.15) is 0 Å². The van der Waals surface area contributed by atoms with Gasteiger partial charge in [0.15, 0.2) is 0 Å². The summed E-state index contributed by atoms with van der Waals surface area (Å²) in [4.78, 5) is 11.8. The third kappa shape index (κ3) is 33.5. The van der Waals surface area contributed by atoms with Crippen LogP contribution < -0.4 is 0 Å². The van der Waals surface area contributed by atoms with Crippen LogP contribution in [0.15, 0.2) is 0 Å². The van der Waals surface area contributed by atoms with E-state index in [0.717, 1.165) is 19.3 Å². The minimum Gasteiger partial charge on any atom is -0.466 e. The molecule has 0 saturated heterocycles. The van der Waals surface area contributed by atoms with Gasteiger partial charge < -0.3 is 9.84 Å². The summed E-state index contributed by atoms with van der Waals surface area (Å²) in [6.45, 7) is 3.25. The largest absolute Gasteiger partial charge is 0.466 e. The standard InChI is InChI=1S/C35H70O3/c1-2-3-4-5-6-20-23-26-29-32-35(37)38-34-31-28-25-22-19-17-15-13-11-9-7-8-10-12-14-16-18-21-24-27-30-33-36/h36H,2-34H2,1H3. The second kappa shape index (κ2) is 34.5. The molecule has 3 heteroatoms. The summed E-state index contributed by atoms with van der Waals surface area (Å²) in [5.41, 5.74) is 0. The molecule has 0 amide bonds. The van der Waals surface area contributed by atoms with E-state index in [1.165, 1.54) is 173 Å². The van der Waals surface area contributed by atoms with Gasteiger partial charge in [0.25, 0.3) is 0 Å². The maximum atomic E-state index is 11.8.